The summed E-state index contributed by atoms with van der Waals surface area (Å²) in [5.41, 5.74) is 0.763. The van der Waals surface area contributed by atoms with Crippen LogP contribution >= 0.6 is 0 Å². The molecule has 0 radical (unpaired) electrons. The topological polar surface area (TPSA) is 94.5 Å². The molecule has 0 heterocycles. The monoisotopic (exact) mass is 541 g/mol. The number of carbonyl (C=O) groups excluding carboxylic acids is 1. The first kappa shape index (κ1) is 30.8. The van der Waals surface area contributed by atoms with Crippen LogP contribution in [0.25, 0.3) is 0 Å². The molecule has 1 atom stereocenters. The predicted molar refractivity (Wildman–Crippen MR) is 134 cm³/mol. The molecule has 0 saturated carbocycles. The maximum absolute atomic E-state index is 12.8. The number of nitrogens with zero attached hydrogens (tertiary/aromatic N) is 1. The Morgan fingerprint density at radius 1 is 0.947 bits per heavy atom. The van der Waals surface area contributed by atoms with Gasteiger partial charge < -0.3 is 29.0 Å². The molecule has 2 rings (SSSR count). The highest BCUT2D eigenvalue weighted by molar-refractivity contribution is 5.73. The highest BCUT2D eigenvalue weighted by Crippen LogP contribution is 2.32. The van der Waals surface area contributed by atoms with Crippen molar-refractivity contribution in [2.45, 2.75) is 58.4 Å². The summed E-state index contributed by atoms with van der Waals surface area (Å²) < 4.78 is 58.3. The van der Waals surface area contributed by atoms with Crippen LogP contribution in [0.5, 0.6) is 17.2 Å². The molecule has 0 bridgehead atoms. The van der Waals surface area contributed by atoms with E-state index in [1.807, 2.05) is 0 Å². The fourth-order valence-electron chi connectivity index (χ4n) is 3.55. The molecular weight excluding hydrogens is 507 g/mol. The van der Waals surface area contributed by atoms with Crippen molar-refractivity contribution in [2.24, 2.45) is 0 Å². The fraction of sp³-hybridized carbons (Fsp3) is 0.481. The lowest BCUT2D eigenvalue weighted by Gasteiger charge is -2.23. The first-order chi connectivity index (χ1) is 18.1. The molecule has 0 spiro atoms. The number of aliphatic carboxylic acids is 1. The Morgan fingerprint density at radius 3 is 2.24 bits per heavy atom. The normalized spacial score (nSPS) is 12.0. The number of ether oxygens (including phenoxy) is 4. The van der Waals surface area contributed by atoms with Crippen molar-refractivity contribution in [3.05, 3.63) is 54.1 Å². The van der Waals surface area contributed by atoms with Gasteiger partial charge in [-0.2, -0.15) is 0 Å². The fourth-order valence-corrected chi connectivity index (χ4v) is 3.55. The van der Waals surface area contributed by atoms with Crippen LogP contribution in [0.4, 0.5) is 18.0 Å². The van der Waals surface area contributed by atoms with Crippen LogP contribution in [0, 0.1) is 0 Å². The van der Waals surface area contributed by atoms with Crippen LogP contribution in [0.3, 0.4) is 0 Å². The minimum Gasteiger partial charge on any atom is -0.492 e. The van der Waals surface area contributed by atoms with E-state index >= 15 is 0 Å². The summed E-state index contributed by atoms with van der Waals surface area (Å²) in [6, 6.07) is 11.9. The summed E-state index contributed by atoms with van der Waals surface area (Å²) >= 11 is 0. The Balaban J connectivity index is 1.99. The van der Waals surface area contributed by atoms with E-state index in [9.17, 15) is 27.9 Å². The lowest BCUT2D eigenvalue weighted by atomic mass is 10.1. The summed E-state index contributed by atoms with van der Waals surface area (Å²) in [5, 5.41) is 9.23. The number of alkyl halides is 3. The number of amides is 1. The van der Waals surface area contributed by atoms with E-state index < -0.39 is 30.3 Å². The van der Waals surface area contributed by atoms with E-state index in [1.54, 1.807) is 31.2 Å². The molecule has 8 nitrogen and oxygen atoms in total. The zero-order valence-electron chi connectivity index (χ0n) is 21.5. The van der Waals surface area contributed by atoms with Crippen LogP contribution in [0.15, 0.2) is 48.5 Å². The number of para-hydroxylation sites is 2. The van der Waals surface area contributed by atoms with Crippen LogP contribution in [-0.4, -0.2) is 60.8 Å². The molecule has 0 fully saturated rings. The van der Waals surface area contributed by atoms with E-state index in [1.165, 1.54) is 23.1 Å². The molecule has 0 aromatic heterocycles. The molecule has 210 valence electrons. The lowest BCUT2D eigenvalue weighted by Crippen LogP contribution is -2.37. The van der Waals surface area contributed by atoms with Crippen LogP contribution < -0.4 is 14.2 Å². The number of carboxylic acid groups (broad SMARTS) is 1. The van der Waals surface area contributed by atoms with Gasteiger partial charge in [0, 0.05) is 19.6 Å². The van der Waals surface area contributed by atoms with Crippen LogP contribution in [0.1, 0.15) is 45.1 Å². The third-order valence-corrected chi connectivity index (χ3v) is 5.43. The molecule has 0 aliphatic carbocycles. The summed E-state index contributed by atoms with van der Waals surface area (Å²) in [6.45, 7) is 4.67. The Morgan fingerprint density at radius 2 is 1.63 bits per heavy atom. The van der Waals surface area contributed by atoms with Gasteiger partial charge in [0.25, 0.3) is 0 Å². The largest absolute Gasteiger partial charge is 0.573 e. The molecule has 2 aromatic rings. The summed E-state index contributed by atoms with van der Waals surface area (Å²) in [4.78, 5) is 25.5. The number of carboxylic acids is 1. The van der Waals surface area contributed by atoms with Gasteiger partial charge in [0.15, 0.2) is 17.6 Å². The van der Waals surface area contributed by atoms with Crippen LogP contribution in [0.2, 0.25) is 0 Å². The molecule has 0 aliphatic rings. The van der Waals surface area contributed by atoms with Crippen molar-refractivity contribution in [3.63, 3.8) is 0 Å². The molecule has 11 heteroatoms. The second kappa shape index (κ2) is 15.7. The average Bonchev–Trinajstić information content (AvgIpc) is 2.86. The molecule has 1 unspecified atom stereocenters. The third-order valence-electron chi connectivity index (χ3n) is 5.43. The second-order valence-electron chi connectivity index (χ2n) is 8.39. The van der Waals surface area contributed by atoms with Crippen molar-refractivity contribution in [2.75, 3.05) is 26.3 Å². The molecule has 0 aliphatic heterocycles. The number of hydrogen-bond donors (Lipinski definition) is 1. The Hall–Kier alpha value is -3.47. The summed E-state index contributed by atoms with van der Waals surface area (Å²) in [7, 11) is 0. The minimum atomic E-state index is -4.93. The van der Waals surface area contributed by atoms with Gasteiger partial charge >= 0.3 is 18.4 Å². The smallest absolute Gasteiger partial charge is 0.492 e. The lowest BCUT2D eigenvalue weighted by molar-refractivity contribution is -0.275. The van der Waals surface area contributed by atoms with E-state index in [0.29, 0.717) is 18.7 Å². The number of hydrogen-bond acceptors (Lipinski definition) is 6. The highest BCUT2D eigenvalue weighted by Gasteiger charge is 2.33. The number of unbranched alkanes of at least 4 members (excludes halogenated alkanes) is 3. The standard InChI is InChI=1S/C27H34F3NO7/c1-3-5-6-9-16-31(26(34)37-22-10-7-8-11-23(22)38-27(28,29)30)17-18-36-21-14-12-20(13-15-21)19-24(25(32)33)35-4-2/h7-8,10-15,24H,3-6,9,16-19H2,1-2H3,(H,32,33). The molecular formula is C27H34F3NO7. The van der Waals surface area contributed by atoms with E-state index in [2.05, 4.69) is 11.7 Å². The Labute approximate surface area is 220 Å². The number of carbonyl (C=O) groups is 2. The van der Waals surface area contributed by atoms with Crippen molar-refractivity contribution < 1.29 is 46.8 Å². The van der Waals surface area contributed by atoms with Crippen molar-refractivity contribution >= 4 is 12.1 Å². The first-order valence-electron chi connectivity index (χ1n) is 12.5. The molecule has 1 amide bonds. The van der Waals surface area contributed by atoms with Crippen molar-refractivity contribution in [3.8, 4) is 17.2 Å². The Kier molecular flexibility index (Phi) is 12.7. The zero-order valence-corrected chi connectivity index (χ0v) is 21.5. The quantitative estimate of drug-likeness (QED) is 0.258. The second-order valence-corrected chi connectivity index (χ2v) is 8.39. The van der Waals surface area contributed by atoms with Crippen molar-refractivity contribution in [1.82, 2.24) is 4.90 Å². The van der Waals surface area contributed by atoms with Crippen LogP contribution in [-0.2, 0) is 16.0 Å². The zero-order chi connectivity index (χ0) is 28.0. The van der Waals surface area contributed by atoms with Gasteiger partial charge in [0.1, 0.15) is 12.4 Å². The van der Waals surface area contributed by atoms with Gasteiger partial charge in [-0.3, -0.25) is 0 Å². The van der Waals surface area contributed by atoms with Gasteiger partial charge in [-0.05, 0) is 43.2 Å². The predicted octanol–water partition coefficient (Wildman–Crippen LogP) is 6.08. The average molecular weight is 542 g/mol. The van der Waals surface area contributed by atoms with E-state index in [0.717, 1.165) is 30.9 Å². The highest BCUT2D eigenvalue weighted by atomic mass is 19.4. The van der Waals surface area contributed by atoms with Gasteiger partial charge in [-0.1, -0.05) is 50.5 Å². The SMILES string of the molecule is CCCCCCN(CCOc1ccc(CC(OCC)C(=O)O)cc1)C(=O)Oc1ccccc1OC(F)(F)F. The Bertz CT molecular complexity index is 999. The van der Waals surface area contributed by atoms with E-state index in [-0.39, 0.29) is 31.9 Å². The van der Waals surface area contributed by atoms with E-state index in [4.69, 9.17) is 14.2 Å². The minimum absolute atomic E-state index is 0.111. The number of rotatable bonds is 16. The number of halogens is 3. The third kappa shape index (κ3) is 11.3. The maximum Gasteiger partial charge on any atom is 0.573 e. The maximum atomic E-state index is 12.8. The van der Waals surface area contributed by atoms with Crippen molar-refractivity contribution in [1.29, 1.82) is 0 Å². The molecule has 0 saturated heterocycles. The number of benzene rings is 2. The molecule has 1 N–H and O–H groups in total. The van der Waals surface area contributed by atoms with Gasteiger partial charge in [0.05, 0.1) is 6.54 Å². The van der Waals surface area contributed by atoms with Gasteiger partial charge in [0.2, 0.25) is 0 Å². The molecule has 2 aromatic carbocycles. The van der Waals surface area contributed by atoms with Gasteiger partial charge in [-0.25, -0.2) is 9.59 Å². The summed E-state index contributed by atoms with van der Waals surface area (Å²) in [5.74, 6) is -1.47. The first-order valence-corrected chi connectivity index (χ1v) is 12.5. The molecule has 38 heavy (non-hydrogen) atoms. The van der Waals surface area contributed by atoms with Gasteiger partial charge in [-0.15, -0.1) is 13.2 Å². The summed E-state index contributed by atoms with van der Waals surface area (Å²) in [6.07, 6.45) is -2.90.